The Morgan fingerprint density at radius 3 is 2.19 bits per heavy atom. The summed E-state index contributed by atoms with van der Waals surface area (Å²) in [5, 5.41) is 12.3. The number of azide groups is 1. The molecule has 0 aliphatic heterocycles. The van der Waals surface area contributed by atoms with E-state index < -0.39 is 31.1 Å². The quantitative estimate of drug-likeness (QED) is 0.377. The first-order valence-corrected chi connectivity index (χ1v) is 5.82. The molecular formula is C12H13F4N3O2. The fourth-order valence-corrected chi connectivity index (χ4v) is 1.81. The summed E-state index contributed by atoms with van der Waals surface area (Å²) in [6.45, 7) is -0.977. The molecule has 5 nitrogen and oxygen atoms in total. The SMILES string of the molecule is CO[C@H](c1ccc(C(O)C(F)(F)F)cc1)[C@@H](CF)N=[N+]=[N-]. The third kappa shape index (κ3) is 4.32. The number of halogens is 4. The number of hydrogen-bond donors (Lipinski definition) is 1. The molecule has 0 radical (unpaired) electrons. The molecule has 0 aliphatic rings. The van der Waals surface area contributed by atoms with E-state index in [1.807, 2.05) is 0 Å². The van der Waals surface area contributed by atoms with Crippen molar-refractivity contribution in [3.8, 4) is 0 Å². The molecule has 1 aromatic carbocycles. The maximum atomic E-state index is 12.8. The van der Waals surface area contributed by atoms with Crippen molar-refractivity contribution in [1.82, 2.24) is 0 Å². The highest BCUT2D eigenvalue weighted by Crippen LogP contribution is 2.33. The van der Waals surface area contributed by atoms with Gasteiger partial charge in [-0.15, -0.1) is 0 Å². The van der Waals surface area contributed by atoms with Crippen molar-refractivity contribution in [1.29, 1.82) is 0 Å². The molecule has 1 rings (SSSR count). The van der Waals surface area contributed by atoms with Gasteiger partial charge in [-0.1, -0.05) is 29.4 Å². The highest BCUT2D eigenvalue weighted by molar-refractivity contribution is 5.27. The van der Waals surface area contributed by atoms with E-state index in [2.05, 4.69) is 10.0 Å². The number of hydrogen-bond acceptors (Lipinski definition) is 3. The molecule has 116 valence electrons. The van der Waals surface area contributed by atoms with Gasteiger partial charge in [0.2, 0.25) is 0 Å². The molecule has 0 bridgehead atoms. The minimum atomic E-state index is -4.77. The zero-order valence-electron chi connectivity index (χ0n) is 11.0. The number of rotatable bonds is 6. The van der Waals surface area contributed by atoms with Gasteiger partial charge in [0.1, 0.15) is 6.67 Å². The third-order valence-corrected chi connectivity index (χ3v) is 2.85. The van der Waals surface area contributed by atoms with Crippen molar-refractivity contribution in [2.24, 2.45) is 5.11 Å². The topological polar surface area (TPSA) is 78.2 Å². The maximum Gasteiger partial charge on any atom is 0.418 e. The van der Waals surface area contributed by atoms with Crippen LogP contribution in [-0.4, -0.2) is 31.1 Å². The van der Waals surface area contributed by atoms with E-state index in [1.54, 1.807) is 0 Å². The fraction of sp³-hybridized carbons (Fsp3) is 0.500. The molecule has 0 aromatic heterocycles. The van der Waals surface area contributed by atoms with Crippen LogP contribution in [0.3, 0.4) is 0 Å². The van der Waals surface area contributed by atoms with Crippen LogP contribution >= 0.6 is 0 Å². The highest BCUT2D eigenvalue weighted by atomic mass is 19.4. The standard InChI is InChI=1S/C12H13F4N3O2/c1-21-10(9(6-13)18-19-17)7-2-4-8(5-3-7)11(20)12(14,15)16/h2-5,9-11,20H,6H2,1H3/t9-,10-,11?/m1/s1. The van der Waals surface area contributed by atoms with Gasteiger partial charge in [0, 0.05) is 12.0 Å². The van der Waals surface area contributed by atoms with Crippen molar-refractivity contribution in [3.63, 3.8) is 0 Å². The van der Waals surface area contributed by atoms with Gasteiger partial charge in [-0.05, 0) is 16.7 Å². The van der Waals surface area contributed by atoms with Crippen LogP contribution in [0.15, 0.2) is 29.4 Å². The smallest absolute Gasteiger partial charge is 0.379 e. The summed E-state index contributed by atoms with van der Waals surface area (Å²) in [6, 6.07) is 3.51. The van der Waals surface area contributed by atoms with E-state index in [1.165, 1.54) is 19.2 Å². The van der Waals surface area contributed by atoms with Crippen LogP contribution in [0.5, 0.6) is 0 Å². The first-order chi connectivity index (χ1) is 9.85. The number of nitrogens with zero attached hydrogens (tertiary/aromatic N) is 3. The molecule has 1 N–H and O–H groups in total. The lowest BCUT2D eigenvalue weighted by Gasteiger charge is -2.21. The molecule has 21 heavy (non-hydrogen) atoms. The summed E-state index contributed by atoms with van der Waals surface area (Å²) in [5.74, 6) is 0. The molecule has 1 unspecified atom stereocenters. The Morgan fingerprint density at radius 2 is 1.81 bits per heavy atom. The summed E-state index contributed by atoms with van der Waals surface area (Å²) in [6.07, 6.45) is -8.29. The minimum Gasteiger partial charge on any atom is -0.379 e. The van der Waals surface area contributed by atoms with Crippen LogP contribution in [-0.2, 0) is 4.74 Å². The van der Waals surface area contributed by atoms with Gasteiger partial charge < -0.3 is 9.84 Å². The zero-order chi connectivity index (χ0) is 16.0. The van der Waals surface area contributed by atoms with E-state index in [0.717, 1.165) is 12.1 Å². The number of benzene rings is 1. The van der Waals surface area contributed by atoms with Crippen molar-refractivity contribution in [2.75, 3.05) is 13.8 Å². The molecule has 0 spiro atoms. The monoisotopic (exact) mass is 307 g/mol. The van der Waals surface area contributed by atoms with Gasteiger partial charge in [-0.25, -0.2) is 0 Å². The predicted octanol–water partition coefficient (Wildman–Crippen LogP) is 3.62. The molecular weight excluding hydrogens is 294 g/mol. The minimum absolute atomic E-state index is 0.339. The first-order valence-electron chi connectivity index (χ1n) is 5.82. The molecule has 0 heterocycles. The Balaban J connectivity index is 3.02. The molecule has 9 heteroatoms. The Morgan fingerprint density at radius 1 is 1.29 bits per heavy atom. The summed E-state index contributed by atoms with van der Waals surface area (Å²) in [4.78, 5) is 2.50. The molecule has 0 fully saturated rings. The Kier molecular flexibility index (Phi) is 5.95. The fourth-order valence-electron chi connectivity index (χ4n) is 1.81. The molecule has 0 saturated heterocycles. The average molecular weight is 307 g/mol. The summed E-state index contributed by atoms with van der Waals surface area (Å²) in [5.41, 5.74) is 8.34. The second kappa shape index (κ2) is 7.26. The maximum absolute atomic E-state index is 12.8. The summed E-state index contributed by atoms with van der Waals surface area (Å²) >= 11 is 0. The van der Waals surface area contributed by atoms with Gasteiger partial charge >= 0.3 is 6.18 Å². The summed E-state index contributed by atoms with van der Waals surface area (Å²) in [7, 11) is 1.26. The van der Waals surface area contributed by atoms with Gasteiger partial charge in [0.05, 0.1) is 12.1 Å². The van der Waals surface area contributed by atoms with E-state index >= 15 is 0 Å². The van der Waals surface area contributed by atoms with Crippen LogP contribution in [0.2, 0.25) is 0 Å². The summed E-state index contributed by atoms with van der Waals surface area (Å²) < 4.78 is 54.9. The second-order valence-corrected chi connectivity index (χ2v) is 4.19. The van der Waals surface area contributed by atoms with Gasteiger partial charge in [-0.3, -0.25) is 4.39 Å². The van der Waals surface area contributed by atoms with E-state index in [4.69, 9.17) is 15.4 Å². The van der Waals surface area contributed by atoms with E-state index in [-0.39, 0.29) is 5.56 Å². The second-order valence-electron chi connectivity index (χ2n) is 4.19. The number of methoxy groups -OCH3 is 1. The molecule has 3 atom stereocenters. The lowest BCUT2D eigenvalue weighted by molar-refractivity contribution is -0.206. The molecule has 0 aliphatic carbocycles. The largest absolute Gasteiger partial charge is 0.418 e. The van der Waals surface area contributed by atoms with Crippen molar-refractivity contribution in [3.05, 3.63) is 45.8 Å². The highest BCUT2D eigenvalue weighted by Gasteiger charge is 2.39. The zero-order valence-corrected chi connectivity index (χ0v) is 11.0. The van der Waals surface area contributed by atoms with Crippen molar-refractivity contribution < 1.29 is 27.4 Å². The Hall–Kier alpha value is -1.83. The molecule has 1 aromatic rings. The van der Waals surface area contributed by atoms with Crippen LogP contribution in [0.4, 0.5) is 17.6 Å². The van der Waals surface area contributed by atoms with Gasteiger partial charge in [0.15, 0.2) is 6.10 Å². The first kappa shape index (κ1) is 17.2. The average Bonchev–Trinajstić information content (AvgIpc) is 2.46. The van der Waals surface area contributed by atoms with Crippen molar-refractivity contribution >= 4 is 0 Å². The number of alkyl halides is 4. The number of ether oxygens (including phenoxy) is 1. The Bertz CT molecular complexity index is 500. The van der Waals surface area contributed by atoms with Crippen molar-refractivity contribution in [2.45, 2.75) is 24.4 Å². The normalized spacial score (nSPS) is 15.9. The molecule has 0 amide bonds. The Labute approximate surface area is 117 Å². The van der Waals surface area contributed by atoms with Crippen LogP contribution in [0.25, 0.3) is 10.4 Å². The third-order valence-electron chi connectivity index (χ3n) is 2.85. The van der Waals surface area contributed by atoms with E-state index in [0.29, 0.717) is 5.56 Å². The van der Waals surface area contributed by atoms with E-state index in [9.17, 15) is 17.6 Å². The lowest BCUT2D eigenvalue weighted by Crippen LogP contribution is -2.21. The number of aliphatic hydroxyl groups excluding tert-OH is 1. The van der Waals surface area contributed by atoms with Gasteiger partial charge in [-0.2, -0.15) is 13.2 Å². The van der Waals surface area contributed by atoms with Crippen LogP contribution < -0.4 is 0 Å². The number of aliphatic hydroxyl groups is 1. The van der Waals surface area contributed by atoms with Gasteiger partial charge in [0.25, 0.3) is 0 Å². The predicted molar refractivity (Wildman–Crippen MR) is 66.1 cm³/mol. The van der Waals surface area contributed by atoms with Crippen LogP contribution in [0.1, 0.15) is 23.3 Å². The lowest BCUT2D eigenvalue weighted by atomic mass is 10.00. The van der Waals surface area contributed by atoms with Crippen LogP contribution in [0, 0.1) is 0 Å². The molecule has 0 saturated carbocycles.